The largest absolute Gasteiger partial charge is 1.00 e. The Hall–Kier alpha value is 0.870. The molecule has 0 fully saturated rings. The van der Waals surface area contributed by atoms with Gasteiger partial charge in [-0.25, -0.2) is 8.42 Å². The molecular weight excluding hydrogens is 323 g/mol. The van der Waals surface area contributed by atoms with Crippen molar-refractivity contribution in [1.29, 1.82) is 0 Å². The maximum absolute atomic E-state index is 10.7. The molecule has 0 aliphatic rings. The molecule has 1 N–H and O–H groups in total. The number of hydrogen-bond acceptors (Lipinski definition) is 4. The van der Waals surface area contributed by atoms with Crippen LogP contribution in [0.5, 0.6) is 0 Å². The van der Waals surface area contributed by atoms with Gasteiger partial charge in [-0.15, -0.1) is 0 Å². The molecule has 4 nitrogen and oxygen atoms in total. The minimum atomic E-state index is -4.17. The van der Waals surface area contributed by atoms with Crippen LogP contribution in [-0.4, -0.2) is 29.4 Å². The molecule has 0 amide bonds. The third kappa shape index (κ3) is 17.5. The van der Waals surface area contributed by atoms with Gasteiger partial charge in [0.25, 0.3) is 0 Å². The van der Waals surface area contributed by atoms with Crippen molar-refractivity contribution in [2.24, 2.45) is 0 Å². The first-order valence-electron chi connectivity index (χ1n) is 9.00. The van der Waals surface area contributed by atoms with Gasteiger partial charge >= 0.3 is 29.6 Å². The van der Waals surface area contributed by atoms with E-state index < -0.39 is 15.4 Å². The molecule has 0 aliphatic heterocycles. The second-order valence-electron chi connectivity index (χ2n) is 6.51. The number of unbranched alkanes of at least 4 members (excludes halogenated alkanes) is 8. The van der Waals surface area contributed by atoms with Crippen molar-refractivity contribution in [1.82, 2.24) is 0 Å². The molecule has 0 aromatic heterocycles. The van der Waals surface area contributed by atoms with Gasteiger partial charge < -0.3 is 9.66 Å². The predicted octanol–water partition coefficient (Wildman–Crippen LogP) is 1.38. The monoisotopic (exact) mass is 358 g/mol. The van der Waals surface area contributed by atoms with Crippen molar-refractivity contribution in [3.8, 4) is 0 Å². The molecule has 0 aliphatic carbocycles. The number of hydrogen-bond donors (Lipinski definition) is 1. The van der Waals surface area contributed by atoms with E-state index in [-0.39, 0.29) is 35.7 Å². The van der Waals surface area contributed by atoms with Gasteiger partial charge in [-0.05, 0) is 32.6 Å². The Morgan fingerprint density at radius 1 is 0.826 bits per heavy atom. The van der Waals surface area contributed by atoms with Gasteiger partial charge in [0.15, 0.2) is 0 Å². The third-order valence-electron chi connectivity index (χ3n) is 4.28. The fourth-order valence-electron chi connectivity index (χ4n) is 2.62. The van der Waals surface area contributed by atoms with Crippen LogP contribution < -0.4 is 29.6 Å². The summed E-state index contributed by atoms with van der Waals surface area (Å²) in [6, 6.07) is 0. The maximum Gasteiger partial charge on any atom is 1.00 e. The summed E-state index contributed by atoms with van der Waals surface area (Å²) in [6.07, 6.45) is 13.4. The van der Waals surface area contributed by atoms with E-state index in [2.05, 4.69) is 6.92 Å². The van der Waals surface area contributed by atoms with Crippen LogP contribution in [0.25, 0.3) is 0 Å². The normalized spacial score (nSPS) is 14.3. The maximum atomic E-state index is 10.7. The summed E-state index contributed by atoms with van der Waals surface area (Å²) in [5, 5.41) is 9.00. The standard InChI is InChI=1S/C17H36O4S.Na/c1-3-4-5-6-7-8-9-10-11-14-17(18)15-12-13-16(2)22(19,20)21;/h16-18H,3-15H2,1-2H3,(H,19,20,21);/q;+1/p-1. The fourth-order valence-corrected chi connectivity index (χ4v) is 3.08. The van der Waals surface area contributed by atoms with E-state index in [0.717, 1.165) is 19.3 Å². The number of rotatable bonds is 15. The van der Waals surface area contributed by atoms with Crippen molar-refractivity contribution in [2.45, 2.75) is 109 Å². The first-order valence-corrected chi connectivity index (χ1v) is 10.5. The number of aliphatic hydroxyl groups is 1. The van der Waals surface area contributed by atoms with Gasteiger partial charge in [0.2, 0.25) is 0 Å². The molecule has 134 valence electrons. The van der Waals surface area contributed by atoms with Gasteiger partial charge in [0.1, 0.15) is 0 Å². The van der Waals surface area contributed by atoms with Crippen LogP contribution in [0, 0.1) is 0 Å². The summed E-state index contributed by atoms with van der Waals surface area (Å²) in [7, 11) is -4.17. The Morgan fingerprint density at radius 2 is 1.26 bits per heavy atom. The predicted molar refractivity (Wildman–Crippen MR) is 90.9 cm³/mol. The van der Waals surface area contributed by atoms with E-state index in [4.69, 9.17) is 0 Å². The van der Waals surface area contributed by atoms with E-state index in [1.54, 1.807) is 0 Å². The number of aliphatic hydroxyl groups excluding tert-OH is 1. The van der Waals surface area contributed by atoms with Gasteiger partial charge in [-0.2, -0.15) is 0 Å². The molecule has 0 aromatic carbocycles. The molecule has 0 heterocycles. The Labute approximate surface area is 165 Å². The quantitative estimate of drug-likeness (QED) is 0.272. The molecule has 0 rings (SSSR count). The van der Waals surface area contributed by atoms with Crippen molar-refractivity contribution in [3.05, 3.63) is 0 Å². The van der Waals surface area contributed by atoms with E-state index in [0.29, 0.717) is 19.3 Å². The minimum absolute atomic E-state index is 0. The van der Waals surface area contributed by atoms with Crippen molar-refractivity contribution < 1.29 is 47.6 Å². The smallest absolute Gasteiger partial charge is 0.748 e. The Balaban J connectivity index is 0. The summed E-state index contributed by atoms with van der Waals surface area (Å²) < 4.78 is 32.2. The third-order valence-corrected chi connectivity index (χ3v) is 5.50. The molecule has 0 aromatic rings. The van der Waals surface area contributed by atoms with E-state index in [9.17, 15) is 18.1 Å². The molecule has 0 saturated carbocycles. The van der Waals surface area contributed by atoms with Gasteiger partial charge in [-0.3, -0.25) is 0 Å². The van der Waals surface area contributed by atoms with Gasteiger partial charge in [0, 0.05) is 5.25 Å². The van der Waals surface area contributed by atoms with Crippen LogP contribution in [0.1, 0.15) is 97.3 Å². The first-order chi connectivity index (χ1) is 10.4. The van der Waals surface area contributed by atoms with E-state index >= 15 is 0 Å². The first kappa shape index (κ1) is 26.1. The zero-order valence-electron chi connectivity index (χ0n) is 15.4. The minimum Gasteiger partial charge on any atom is -0.748 e. The SMILES string of the molecule is CCCCCCCCCCCC(O)CCCC(C)S(=O)(=O)[O-].[Na+]. The molecule has 23 heavy (non-hydrogen) atoms. The zero-order valence-corrected chi connectivity index (χ0v) is 18.2. The second-order valence-corrected chi connectivity index (χ2v) is 8.30. The summed E-state index contributed by atoms with van der Waals surface area (Å²) in [4.78, 5) is 0. The molecule has 0 radical (unpaired) electrons. The van der Waals surface area contributed by atoms with Crippen LogP contribution in [0.3, 0.4) is 0 Å². The van der Waals surface area contributed by atoms with Gasteiger partial charge in [0.05, 0.1) is 16.2 Å². The van der Waals surface area contributed by atoms with Crippen LogP contribution in [0.4, 0.5) is 0 Å². The topological polar surface area (TPSA) is 77.4 Å². The van der Waals surface area contributed by atoms with Gasteiger partial charge in [-0.1, -0.05) is 64.7 Å². The average Bonchev–Trinajstić information content (AvgIpc) is 2.44. The van der Waals surface area contributed by atoms with E-state index in [1.807, 2.05) is 0 Å². The van der Waals surface area contributed by atoms with Crippen molar-refractivity contribution >= 4 is 10.1 Å². The van der Waals surface area contributed by atoms with Crippen LogP contribution in [0.2, 0.25) is 0 Å². The Kier molecular flexibility index (Phi) is 18.5. The Morgan fingerprint density at radius 3 is 1.74 bits per heavy atom. The van der Waals surface area contributed by atoms with Crippen molar-refractivity contribution in [3.63, 3.8) is 0 Å². The Bertz CT molecular complexity index is 347. The fraction of sp³-hybridized carbons (Fsp3) is 1.00. The summed E-state index contributed by atoms with van der Waals surface area (Å²) >= 11 is 0. The second kappa shape index (κ2) is 16.3. The molecule has 0 spiro atoms. The molecular formula is C17H35NaO4S. The van der Waals surface area contributed by atoms with E-state index in [1.165, 1.54) is 51.9 Å². The molecule has 0 bridgehead atoms. The molecule has 2 atom stereocenters. The summed E-state index contributed by atoms with van der Waals surface area (Å²) in [6.45, 7) is 3.67. The summed E-state index contributed by atoms with van der Waals surface area (Å²) in [5.74, 6) is 0. The van der Waals surface area contributed by atoms with Crippen LogP contribution in [0.15, 0.2) is 0 Å². The zero-order chi connectivity index (χ0) is 16.8. The molecule has 6 heteroatoms. The molecule has 2 unspecified atom stereocenters. The van der Waals surface area contributed by atoms with Crippen LogP contribution >= 0.6 is 0 Å². The summed E-state index contributed by atoms with van der Waals surface area (Å²) in [5.41, 5.74) is 0. The average molecular weight is 359 g/mol. The van der Waals surface area contributed by atoms with Crippen molar-refractivity contribution in [2.75, 3.05) is 0 Å². The van der Waals surface area contributed by atoms with Crippen LogP contribution in [-0.2, 0) is 10.1 Å². The molecule has 0 saturated heterocycles.